The van der Waals surface area contributed by atoms with Gasteiger partial charge in [-0.15, -0.1) is 0 Å². The Hall–Kier alpha value is -3.92. The minimum absolute atomic E-state index is 0.0785. The van der Waals surface area contributed by atoms with E-state index in [2.05, 4.69) is 6.07 Å². The first-order chi connectivity index (χ1) is 17.0. The molecule has 1 unspecified atom stereocenters. The second kappa shape index (κ2) is 9.62. The van der Waals surface area contributed by atoms with Crippen LogP contribution in [0.2, 0.25) is 0 Å². The third kappa shape index (κ3) is 5.03. The first-order valence-electron chi connectivity index (χ1n) is 12.0. The maximum absolute atomic E-state index is 13.6. The van der Waals surface area contributed by atoms with E-state index in [-0.39, 0.29) is 17.4 Å². The molecule has 1 aromatic heterocycles. The van der Waals surface area contributed by atoms with Crippen molar-refractivity contribution in [3.63, 3.8) is 0 Å². The highest BCUT2D eigenvalue weighted by molar-refractivity contribution is 5.70. The Balaban J connectivity index is 1.56. The van der Waals surface area contributed by atoms with Gasteiger partial charge >= 0.3 is 6.09 Å². The van der Waals surface area contributed by atoms with Crippen LogP contribution in [0.3, 0.4) is 0 Å². The molecule has 1 aliphatic rings. The Morgan fingerprint density at radius 3 is 2.33 bits per heavy atom. The highest BCUT2D eigenvalue weighted by Crippen LogP contribution is 2.44. The zero-order valence-corrected chi connectivity index (χ0v) is 21.0. The smallest absolute Gasteiger partial charge is 0.411 e. The fraction of sp³-hybridized carbons (Fsp3) is 0.345. The van der Waals surface area contributed by atoms with Crippen LogP contribution in [0.5, 0.6) is 0 Å². The number of benzene rings is 2. The fourth-order valence-electron chi connectivity index (χ4n) is 4.82. The number of hydrogen-bond donors (Lipinski definition) is 0. The number of carbonyl (C=O) groups excluding carboxylic acids is 1. The fourth-order valence-corrected chi connectivity index (χ4v) is 4.82. The number of aromatic nitrogens is 1. The van der Waals surface area contributed by atoms with E-state index in [1.54, 1.807) is 36.3 Å². The topological polar surface area (TPSA) is 75.3 Å². The van der Waals surface area contributed by atoms with Crippen LogP contribution in [0.4, 0.5) is 9.18 Å². The predicted octanol–water partition coefficient (Wildman–Crippen LogP) is 5.93. The summed E-state index contributed by atoms with van der Waals surface area (Å²) in [5, 5.41) is 9.64. The minimum atomic E-state index is -1.01. The number of aryl methyl sites for hydroxylation is 1. The summed E-state index contributed by atoms with van der Waals surface area (Å²) in [6.45, 7) is 5.99. The standard InChI is InChI=1S/C29H30FN3O3/c1-20(21-5-7-22(8-6-21)23-13-15-32(4)26(34)17-23)33-16-14-29(36-27(33)35,18-28(2,3)19-31)24-9-11-25(30)12-10-24/h5-13,15,17,20H,14,16,18H2,1-4H3/t20-,29?/m0/s1. The van der Waals surface area contributed by atoms with E-state index < -0.39 is 17.1 Å². The van der Waals surface area contributed by atoms with E-state index in [9.17, 15) is 19.2 Å². The van der Waals surface area contributed by atoms with Crippen molar-refractivity contribution < 1.29 is 13.9 Å². The molecule has 6 nitrogen and oxygen atoms in total. The first-order valence-corrected chi connectivity index (χ1v) is 12.0. The van der Waals surface area contributed by atoms with E-state index in [0.717, 1.165) is 16.7 Å². The molecular weight excluding hydrogens is 457 g/mol. The van der Waals surface area contributed by atoms with Crippen LogP contribution in [-0.4, -0.2) is 22.1 Å². The van der Waals surface area contributed by atoms with Crippen LogP contribution in [0.25, 0.3) is 11.1 Å². The highest BCUT2D eigenvalue weighted by Gasteiger charge is 2.46. The molecule has 2 heterocycles. The molecule has 186 valence electrons. The first kappa shape index (κ1) is 25.2. The second-order valence-corrected chi connectivity index (χ2v) is 10.1. The Bertz CT molecular complexity index is 1360. The molecule has 0 saturated carbocycles. The summed E-state index contributed by atoms with van der Waals surface area (Å²) < 4.78 is 21.2. The SMILES string of the molecule is C[C@@H](c1ccc(-c2ccn(C)c(=O)c2)cc1)N1CCC(CC(C)(C)C#N)(c2ccc(F)cc2)OC1=O. The molecule has 36 heavy (non-hydrogen) atoms. The van der Waals surface area contributed by atoms with Crippen molar-refractivity contribution in [3.05, 3.63) is 94.2 Å². The Kier molecular flexibility index (Phi) is 6.73. The highest BCUT2D eigenvalue weighted by atomic mass is 19.1. The van der Waals surface area contributed by atoms with Gasteiger partial charge in [0.2, 0.25) is 0 Å². The van der Waals surface area contributed by atoms with Crippen molar-refractivity contribution in [3.8, 4) is 17.2 Å². The van der Waals surface area contributed by atoms with Crippen molar-refractivity contribution >= 4 is 6.09 Å². The van der Waals surface area contributed by atoms with Crippen LogP contribution in [0.15, 0.2) is 71.7 Å². The van der Waals surface area contributed by atoms with Gasteiger partial charge < -0.3 is 14.2 Å². The molecule has 0 N–H and O–H groups in total. The summed E-state index contributed by atoms with van der Waals surface area (Å²) in [6.07, 6.45) is 2.05. The van der Waals surface area contributed by atoms with Crippen molar-refractivity contribution in [2.45, 2.75) is 45.3 Å². The molecule has 0 spiro atoms. The van der Waals surface area contributed by atoms with Gasteiger partial charge in [-0.2, -0.15) is 5.26 Å². The molecule has 0 radical (unpaired) electrons. The number of halogens is 1. The maximum atomic E-state index is 13.6. The third-order valence-corrected chi connectivity index (χ3v) is 6.97. The van der Waals surface area contributed by atoms with Gasteiger partial charge in [0, 0.05) is 38.7 Å². The molecule has 1 fully saturated rings. The second-order valence-electron chi connectivity index (χ2n) is 10.1. The Labute approximate surface area is 210 Å². The minimum Gasteiger partial charge on any atom is -0.438 e. The molecule has 0 bridgehead atoms. The normalized spacial score (nSPS) is 18.9. The third-order valence-electron chi connectivity index (χ3n) is 6.97. The van der Waals surface area contributed by atoms with E-state index in [1.807, 2.05) is 51.1 Å². The molecular formula is C29H30FN3O3. The predicted molar refractivity (Wildman–Crippen MR) is 135 cm³/mol. The average molecular weight is 488 g/mol. The summed E-state index contributed by atoms with van der Waals surface area (Å²) in [5.41, 5.74) is 1.54. The number of hydrogen-bond acceptors (Lipinski definition) is 4. The van der Waals surface area contributed by atoms with Gasteiger partial charge in [0.1, 0.15) is 11.4 Å². The lowest BCUT2D eigenvalue weighted by atomic mass is 9.75. The molecule has 4 rings (SSSR count). The van der Waals surface area contributed by atoms with Gasteiger partial charge in [-0.05, 0) is 61.2 Å². The van der Waals surface area contributed by atoms with Crippen LogP contribution in [-0.2, 0) is 17.4 Å². The number of pyridine rings is 1. The van der Waals surface area contributed by atoms with Crippen molar-refractivity contribution in [1.82, 2.24) is 9.47 Å². The molecule has 2 atom stereocenters. The number of nitriles is 1. The molecule has 7 heteroatoms. The van der Waals surface area contributed by atoms with E-state index in [1.165, 1.54) is 16.7 Å². The van der Waals surface area contributed by atoms with Crippen molar-refractivity contribution in [2.24, 2.45) is 12.5 Å². The van der Waals surface area contributed by atoms with Crippen molar-refractivity contribution in [1.29, 1.82) is 5.26 Å². The van der Waals surface area contributed by atoms with Crippen LogP contribution >= 0.6 is 0 Å². The lowest BCUT2D eigenvalue weighted by molar-refractivity contribution is -0.0770. The molecule has 1 amide bonds. The Morgan fingerprint density at radius 2 is 1.75 bits per heavy atom. The molecule has 1 aliphatic heterocycles. The molecule has 0 aliphatic carbocycles. The van der Waals surface area contributed by atoms with Gasteiger partial charge in [0.05, 0.1) is 17.5 Å². The van der Waals surface area contributed by atoms with Gasteiger partial charge in [-0.3, -0.25) is 4.79 Å². The summed E-state index contributed by atoms with van der Waals surface area (Å²) in [4.78, 5) is 27.0. The van der Waals surface area contributed by atoms with Crippen LogP contribution in [0.1, 0.15) is 50.8 Å². The van der Waals surface area contributed by atoms with Crippen LogP contribution < -0.4 is 5.56 Å². The molecule has 3 aromatic rings. The van der Waals surface area contributed by atoms with E-state index in [4.69, 9.17) is 4.74 Å². The quantitative estimate of drug-likeness (QED) is 0.432. The zero-order valence-electron chi connectivity index (χ0n) is 21.0. The Morgan fingerprint density at radius 1 is 1.08 bits per heavy atom. The lowest BCUT2D eigenvalue weighted by Gasteiger charge is -2.45. The maximum Gasteiger partial charge on any atom is 0.411 e. The van der Waals surface area contributed by atoms with Gasteiger partial charge in [0.25, 0.3) is 5.56 Å². The monoisotopic (exact) mass is 487 g/mol. The summed E-state index contributed by atoms with van der Waals surface area (Å²) in [6, 6.07) is 19.3. The van der Waals surface area contributed by atoms with E-state index in [0.29, 0.717) is 24.9 Å². The average Bonchev–Trinajstić information content (AvgIpc) is 2.85. The van der Waals surface area contributed by atoms with Crippen LogP contribution in [0, 0.1) is 22.6 Å². The van der Waals surface area contributed by atoms with Gasteiger partial charge in [0.15, 0.2) is 0 Å². The molecule has 1 saturated heterocycles. The van der Waals surface area contributed by atoms with E-state index >= 15 is 0 Å². The number of nitrogens with zero attached hydrogens (tertiary/aromatic N) is 3. The summed E-state index contributed by atoms with van der Waals surface area (Å²) in [5.74, 6) is -0.370. The number of rotatable bonds is 6. The number of cyclic esters (lactones) is 1. The number of ether oxygens (including phenoxy) is 1. The van der Waals surface area contributed by atoms with Crippen molar-refractivity contribution in [2.75, 3.05) is 6.54 Å². The van der Waals surface area contributed by atoms with Gasteiger partial charge in [-0.1, -0.05) is 36.4 Å². The number of amides is 1. The largest absolute Gasteiger partial charge is 0.438 e. The zero-order chi connectivity index (χ0) is 26.1. The van der Waals surface area contributed by atoms with Gasteiger partial charge in [-0.25, -0.2) is 9.18 Å². The number of carbonyl (C=O) groups is 1. The summed E-state index contributed by atoms with van der Waals surface area (Å²) >= 11 is 0. The lowest BCUT2D eigenvalue weighted by Crippen LogP contribution is -2.50. The molecule has 2 aromatic carbocycles. The summed E-state index contributed by atoms with van der Waals surface area (Å²) in [7, 11) is 1.71.